The average molecular weight is 979 g/mol. The predicted molar refractivity (Wildman–Crippen MR) is 228 cm³/mol. The van der Waals surface area contributed by atoms with Crippen molar-refractivity contribution in [2.75, 3.05) is 11.9 Å². The number of aliphatic imine (C=N–C) groups is 1. The van der Waals surface area contributed by atoms with Crippen LogP contribution in [-0.2, 0) is 22.2 Å². The standard InChI is InChI=1S/C16H15ClFN3OS2.C8H8Br2.C7H6ClFN2S.C2H6O.BrH/c17-13-7-12(5-6-14(13)18)21-15(19)23-8-10-3-1-2-4-11(10)9-24-16(20)22;9-5-7-3-1-2-4-8(7)6-10;8-5-3-4(11-7(10)12)1-2-6(5)9;1-2-3;/h1-7H,8-9H2,(H2,19,21)(H2,20,22);1-4H,5-6H2;1-3H,(H3,10,11,12);3H,2H2,1H3;1H. The molecule has 0 unspecified atom stereocenters. The van der Waals surface area contributed by atoms with E-state index in [4.69, 9.17) is 45.5 Å². The van der Waals surface area contributed by atoms with Crippen molar-refractivity contribution in [3.05, 3.63) is 129 Å². The number of carbonyl (C=O) groups excluding carboxylic acids is 1. The predicted octanol–water partition coefficient (Wildman–Crippen LogP) is 10.9. The number of nitrogens with zero attached hydrogens (tertiary/aromatic N) is 1. The van der Waals surface area contributed by atoms with Crippen LogP contribution in [0.25, 0.3) is 0 Å². The number of benzene rings is 4. The van der Waals surface area contributed by atoms with Crippen LogP contribution in [0.5, 0.6) is 0 Å². The summed E-state index contributed by atoms with van der Waals surface area (Å²) in [6.45, 7) is 1.93. The van der Waals surface area contributed by atoms with Crippen LogP contribution >= 0.6 is 108 Å². The first kappa shape index (κ1) is 48.0. The molecule has 0 saturated carbocycles. The lowest BCUT2D eigenvalue weighted by atomic mass is 10.1. The van der Waals surface area contributed by atoms with E-state index < -0.39 is 16.9 Å². The Bertz CT molecular complexity index is 1660. The number of thiocarbonyl (C=S) groups is 1. The SMILES string of the molecule is Br.BrCc1ccccc1CBr.CCO.NC(=O)SCc1ccccc1CSC(N)=Nc1ccc(F)c(Cl)c1.NC(=S)Nc1ccc(F)c(Cl)c1. The molecule has 50 heavy (non-hydrogen) atoms. The number of primary amides is 1. The number of amidine groups is 1. The molecule has 0 spiro atoms. The van der Waals surface area contributed by atoms with E-state index >= 15 is 0 Å². The second kappa shape index (κ2) is 27.7. The first-order valence-electron chi connectivity index (χ1n) is 14.1. The maximum atomic E-state index is 13.1. The van der Waals surface area contributed by atoms with Gasteiger partial charge in [0.2, 0.25) is 0 Å². The first-order valence-corrected chi connectivity index (χ1v) is 19.4. The summed E-state index contributed by atoms with van der Waals surface area (Å²) in [4.78, 5) is 15.1. The van der Waals surface area contributed by atoms with E-state index in [1.54, 1.807) is 6.92 Å². The van der Waals surface area contributed by atoms with Gasteiger partial charge in [-0.3, -0.25) is 4.79 Å². The molecule has 0 radical (unpaired) electrons. The molecule has 8 N–H and O–H groups in total. The summed E-state index contributed by atoms with van der Waals surface area (Å²) in [5, 5.41) is 12.2. The normalized spacial score (nSPS) is 10.1. The van der Waals surface area contributed by atoms with Gasteiger partial charge in [-0.2, -0.15) is 0 Å². The zero-order valence-corrected chi connectivity index (χ0v) is 35.4. The van der Waals surface area contributed by atoms with Gasteiger partial charge in [0.05, 0.1) is 15.7 Å². The van der Waals surface area contributed by atoms with Gasteiger partial charge in [-0.25, -0.2) is 13.8 Å². The summed E-state index contributed by atoms with van der Waals surface area (Å²) in [5.41, 5.74) is 22.1. The fourth-order valence-corrected chi connectivity index (χ4v) is 6.29. The summed E-state index contributed by atoms with van der Waals surface area (Å²) >= 11 is 25.1. The number of anilines is 1. The molecule has 0 aliphatic carbocycles. The quantitative estimate of drug-likeness (QED) is 0.0509. The largest absolute Gasteiger partial charge is 0.397 e. The number of aliphatic hydroxyl groups excluding tert-OH is 1. The Labute approximate surface area is 342 Å². The fourth-order valence-electron chi connectivity index (χ4n) is 3.39. The van der Waals surface area contributed by atoms with Crippen molar-refractivity contribution in [2.24, 2.45) is 22.2 Å². The van der Waals surface area contributed by atoms with Crippen LogP contribution in [0.15, 0.2) is 89.9 Å². The molecule has 0 aliphatic rings. The van der Waals surface area contributed by atoms with Gasteiger partial charge in [-0.1, -0.05) is 127 Å². The van der Waals surface area contributed by atoms with E-state index in [0.29, 0.717) is 28.0 Å². The van der Waals surface area contributed by atoms with Crippen molar-refractivity contribution in [1.29, 1.82) is 0 Å². The van der Waals surface area contributed by atoms with E-state index in [0.717, 1.165) is 33.5 Å². The van der Waals surface area contributed by atoms with Crippen LogP contribution in [0.2, 0.25) is 10.0 Å². The van der Waals surface area contributed by atoms with Gasteiger partial charge in [0.25, 0.3) is 5.24 Å². The highest BCUT2D eigenvalue weighted by molar-refractivity contribution is 9.09. The van der Waals surface area contributed by atoms with Crippen LogP contribution in [0.1, 0.15) is 29.2 Å². The fraction of sp³-hybridized carbons (Fsp3) is 0.182. The molecule has 0 fully saturated rings. The van der Waals surface area contributed by atoms with Crippen molar-refractivity contribution >= 4 is 135 Å². The Morgan fingerprint density at radius 3 is 1.68 bits per heavy atom. The minimum Gasteiger partial charge on any atom is -0.397 e. The highest BCUT2D eigenvalue weighted by Crippen LogP contribution is 2.25. The first-order chi connectivity index (χ1) is 23.3. The number of nitrogens with one attached hydrogen (secondary N) is 1. The Balaban J connectivity index is 0.000000769. The van der Waals surface area contributed by atoms with E-state index in [-0.39, 0.29) is 38.7 Å². The number of rotatable bonds is 8. The molecule has 0 aliphatic heterocycles. The smallest absolute Gasteiger partial charge is 0.276 e. The van der Waals surface area contributed by atoms with Gasteiger partial charge in [0.15, 0.2) is 10.3 Å². The molecule has 17 heteroatoms. The van der Waals surface area contributed by atoms with Gasteiger partial charge in [-0.05, 0) is 77.8 Å². The maximum absolute atomic E-state index is 13.1. The Morgan fingerprint density at radius 1 is 0.820 bits per heavy atom. The van der Waals surface area contributed by atoms with E-state index in [9.17, 15) is 13.6 Å². The van der Waals surface area contributed by atoms with Crippen LogP contribution in [0, 0.1) is 11.6 Å². The van der Waals surface area contributed by atoms with Crippen LogP contribution in [-0.4, -0.2) is 27.2 Å². The van der Waals surface area contributed by atoms with Gasteiger partial charge in [0, 0.05) is 34.5 Å². The molecule has 272 valence electrons. The molecule has 0 aromatic heterocycles. The van der Waals surface area contributed by atoms with E-state index in [1.807, 2.05) is 24.3 Å². The Morgan fingerprint density at radius 2 is 1.26 bits per heavy atom. The third kappa shape index (κ3) is 20.2. The molecule has 0 bridgehead atoms. The van der Waals surface area contributed by atoms with E-state index in [2.05, 4.69) is 78.7 Å². The lowest BCUT2D eigenvalue weighted by Gasteiger charge is -2.08. The summed E-state index contributed by atoms with van der Waals surface area (Å²) in [5.74, 6) is 0.143. The number of hydrogen-bond acceptors (Lipinski definition) is 6. The molecule has 4 rings (SSSR count). The highest BCUT2D eigenvalue weighted by atomic mass is 79.9. The summed E-state index contributed by atoms with van der Waals surface area (Å²) in [6, 6.07) is 24.4. The lowest BCUT2D eigenvalue weighted by molar-refractivity contribution is 0.267. The molecular weight excluding hydrogens is 943 g/mol. The monoisotopic (exact) mass is 975 g/mol. The van der Waals surface area contributed by atoms with Crippen molar-refractivity contribution < 1.29 is 18.7 Å². The zero-order valence-electron chi connectivity index (χ0n) is 26.6. The molecule has 4 aromatic rings. The van der Waals surface area contributed by atoms with Gasteiger partial charge < -0.3 is 27.6 Å². The second-order valence-electron chi connectivity index (χ2n) is 9.18. The maximum Gasteiger partial charge on any atom is 0.276 e. The number of amides is 1. The molecule has 0 saturated heterocycles. The van der Waals surface area contributed by atoms with E-state index in [1.165, 1.54) is 59.3 Å². The van der Waals surface area contributed by atoms with Crippen LogP contribution in [0.3, 0.4) is 0 Å². The number of carbonyl (C=O) groups is 1. The second-order valence-corrected chi connectivity index (χ2v) is 13.5. The van der Waals surface area contributed by atoms with Crippen molar-refractivity contribution in [1.82, 2.24) is 0 Å². The van der Waals surface area contributed by atoms with Crippen LogP contribution < -0.4 is 22.5 Å². The van der Waals surface area contributed by atoms with Crippen molar-refractivity contribution in [2.45, 2.75) is 29.1 Å². The van der Waals surface area contributed by atoms with Gasteiger partial charge in [0.1, 0.15) is 11.6 Å². The number of hydrogen-bond donors (Lipinski definition) is 5. The molecular formula is C33H36Br3Cl2F2N5O2S3. The zero-order chi connectivity index (χ0) is 36.8. The van der Waals surface area contributed by atoms with Gasteiger partial charge in [-0.15, -0.1) is 17.0 Å². The van der Waals surface area contributed by atoms with Gasteiger partial charge >= 0.3 is 0 Å². The minimum absolute atomic E-state index is 0. The minimum atomic E-state index is -0.497. The molecule has 1 amide bonds. The molecule has 0 atom stereocenters. The third-order valence-corrected chi connectivity index (χ3v) is 9.07. The molecule has 0 heterocycles. The average Bonchev–Trinajstić information content (AvgIpc) is 3.07. The van der Waals surface area contributed by atoms with Crippen molar-refractivity contribution in [3.63, 3.8) is 0 Å². The Hall–Kier alpha value is -1.95. The van der Waals surface area contributed by atoms with Crippen LogP contribution in [0.4, 0.5) is 25.0 Å². The molecule has 7 nitrogen and oxygen atoms in total. The number of nitrogens with two attached hydrogens (primary N) is 3. The summed E-state index contributed by atoms with van der Waals surface area (Å²) in [7, 11) is 0. The third-order valence-electron chi connectivity index (χ3n) is 5.60. The Kier molecular flexibility index (Phi) is 26.6. The summed E-state index contributed by atoms with van der Waals surface area (Å²) in [6.07, 6.45) is 0. The number of alkyl halides is 2. The number of halogens is 7. The number of thioether (sulfide) groups is 2. The number of aliphatic hydroxyl groups is 1. The van der Waals surface area contributed by atoms with Crippen molar-refractivity contribution in [3.8, 4) is 0 Å². The lowest BCUT2D eigenvalue weighted by Crippen LogP contribution is -2.18. The summed E-state index contributed by atoms with van der Waals surface area (Å²) < 4.78 is 25.7. The molecule has 4 aromatic carbocycles. The topological polar surface area (TPSA) is 140 Å². The highest BCUT2D eigenvalue weighted by Gasteiger charge is 2.07.